The number of amides is 2. The molecule has 0 unspecified atom stereocenters. The SMILES string of the molecule is O=C(N/N=C1/C(=O)N(CN2CCOCC2)c2ccccc21)c1ccc(-n2c(-c3ccccc3)nc3ccccc3c2=O)cc1. The summed E-state index contributed by atoms with van der Waals surface area (Å²) in [6.45, 7) is 3.14. The summed E-state index contributed by atoms with van der Waals surface area (Å²) in [5.41, 5.74) is 6.23. The van der Waals surface area contributed by atoms with Crippen LogP contribution in [0.15, 0.2) is 113 Å². The number of fused-ring (bicyclic) bond motifs is 2. The highest BCUT2D eigenvalue weighted by Gasteiger charge is 2.35. The number of ether oxygens (including phenoxy) is 1. The van der Waals surface area contributed by atoms with Crippen molar-refractivity contribution >= 4 is 34.1 Å². The number of aromatic nitrogens is 2. The minimum absolute atomic E-state index is 0.181. The standard InChI is InChI=1S/C34H28N6O4/c41-32(37-36-30-27-11-5-7-13-29(27)39(34(30)43)22-38-18-20-44-21-19-38)24-14-16-25(17-15-24)40-31(23-8-2-1-3-9-23)35-28-12-6-4-10-26(28)33(40)42/h1-17H,18-22H2,(H,37,41)/b36-30+. The Morgan fingerprint density at radius 2 is 1.55 bits per heavy atom. The predicted molar refractivity (Wildman–Crippen MR) is 168 cm³/mol. The second-order valence-electron chi connectivity index (χ2n) is 10.5. The first-order chi connectivity index (χ1) is 21.6. The number of morpholine rings is 1. The summed E-state index contributed by atoms with van der Waals surface area (Å²) in [4.78, 5) is 48.9. The molecule has 10 heteroatoms. The molecule has 0 aliphatic carbocycles. The lowest BCUT2D eigenvalue weighted by Crippen LogP contribution is -2.46. The Morgan fingerprint density at radius 3 is 2.34 bits per heavy atom. The van der Waals surface area contributed by atoms with E-state index in [1.807, 2.05) is 72.8 Å². The number of nitrogens with zero attached hydrogens (tertiary/aromatic N) is 5. The summed E-state index contributed by atoms with van der Waals surface area (Å²) < 4.78 is 6.99. The highest BCUT2D eigenvalue weighted by Crippen LogP contribution is 2.29. The first-order valence-corrected chi connectivity index (χ1v) is 14.4. The van der Waals surface area contributed by atoms with Crippen LogP contribution in [0.1, 0.15) is 15.9 Å². The summed E-state index contributed by atoms with van der Waals surface area (Å²) in [6.07, 6.45) is 0. The lowest BCUT2D eigenvalue weighted by atomic mass is 10.1. The van der Waals surface area contributed by atoms with Crippen molar-refractivity contribution in [2.45, 2.75) is 0 Å². The van der Waals surface area contributed by atoms with E-state index in [9.17, 15) is 14.4 Å². The van der Waals surface area contributed by atoms with Crippen molar-refractivity contribution in [2.24, 2.45) is 5.10 Å². The van der Waals surface area contributed by atoms with Crippen LogP contribution in [0.4, 0.5) is 5.69 Å². The topological polar surface area (TPSA) is 109 Å². The van der Waals surface area contributed by atoms with Crippen molar-refractivity contribution in [1.29, 1.82) is 0 Å². The lowest BCUT2D eigenvalue weighted by molar-refractivity contribution is -0.112. The Labute approximate surface area is 252 Å². The number of benzene rings is 4. The fourth-order valence-corrected chi connectivity index (χ4v) is 5.54. The van der Waals surface area contributed by atoms with Gasteiger partial charge in [-0.3, -0.25) is 28.8 Å². The molecule has 2 aliphatic rings. The summed E-state index contributed by atoms with van der Waals surface area (Å²) in [6, 6.07) is 30.8. The zero-order chi connectivity index (χ0) is 30.0. The van der Waals surface area contributed by atoms with Crippen molar-refractivity contribution in [1.82, 2.24) is 19.9 Å². The average molecular weight is 585 g/mol. The highest BCUT2D eigenvalue weighted by molar-refractivity contribution is 6.54. The van der Waals surface area contributed by atoms with E-state index in [0.29, 0.717) is 53.4 Å². The maximum atomic E-state index is 13.7. The van der Waals surface area contributed by atoms with Crippen molar-refractivity contribution in [3.05, 3.63) is 125 Å². The molecule has 10 nitrogen and oxygen atoms in total. The van der Waals surface area contributed by atoms with Gasteiger partial charge in [0.25, 0.3) is 17.4 Å². The third kappa shape index (κ3) is 5.06. The third-order valence-electron chi connectivity index (χ3n) is 7.81. The van der Waals surface area contributed by atoms with E-state index in [-0.39, 0.29) is 17.2 Å². The molecule has 0 radical (unpaired) electrons. The van der Waals surface area contributed by atoms with Gasteiger partial charge in [0.1, 0.15) is 5.82 Å². The van der Waals surface area contributed by atoms with Gasteiger partial charge < -0.3 is 4.74 Å². The van der Waals surface area contributed by atoms with E-state index < -0.39 is 5.91 Å². The summed E-state index contributed by atoms with van der Waals surface area (Å²) in [5.74, 6) is -0.254. The predicted octanol–water partition coefficient (Wildman–Crippen LogP) is 3.82. The van der Waals surface area contributed by atoms with Gasteiger partial charge in [-0.2, -0.15) is 5.10 Å². The minimum Gasteiger partial charge on any atom is -0.379 e. The second-order valence-corrected chi connectivity index (χ2v) is 10.5. The largest absolute Gasteiger partial charge is 0.379 e. The molecule has 1 saturated heterocycles. The molecule has 3 heterocycles. The van der Waals surface area contributed by atoms with Gasteiger partial charge in [-0.1, -0.05) is 60.7 Å². The number of rotatable bonds is 6. The third-order valence-corrected chi connectivity index (χ3v) is 7.81. The van der Waals surface area contributed by atoms with Gasteiger partial charge in [-0.15, -0.1) is 0 Å². The lowest BCUT2D eigenvalue weighted by Gasteiger charge is -2.30. The molecule has 5 aromatic rings. The van der Waals surface area contributed by atoms with E-state index >= 15 is 0 Å². The van der Waals surface area contributed by atoms with Crippen LogP contribution >= 0.6 is 0 Å². The van der Waals surface area contributed by atoms with E-state index in [2.05, 4.69) is 15.4 Å². The molecule has 0 spiro atoms. The zero-order valence-corrected chi connectivity index (χ0v) is 23.7. The number of carbonyl (C=O) groups excluding carboxylic acids is 2. The van der Waals surface area contributed by atoms with Gasteiger partial charge in [0.2, 0.25) is 0 Å². The normalized spacial score (nSPS) is 16.0. The van der Waals surface area contributed by atoms with Crippen LogP contribution in [0.2, 0.25) is 0 Å². The molecule has 0 saturated carbocycles. The molecule has 0 bridgehead atoms. The Hall–Kier alpha value is -5.45. The molecule has 1 fully saturated rings. The van der Waals surface area contributed by atoms with Gasteiger partial charge in [0, 0.05) is 29.8 Å². The maximum absolute atomic E-state index is 13.7. The number of para-hydroxylation sites is 2. The zero-order valence-electron chi connectivity index (χ0n) is 23.7. The molecule has 1 aromatic heterocycles. The molecular formula is C34H28N6O4. The quantitative estimate of drug-likeness (QED) is 0.304. The van der Waals surface area contributed by atoms with E-state index in [1.54, 1.807) is 39.8 Å². The maximum Gasteiger partial charge on any atom is 0.280 e. The van der Waals surface area contributed by atoms with Crippen LogP contribution in [0, 0.1) is 0 Å². The molecule has 218 valence electrons. The minimum atomic E-state index is -0.478. The Bertz CT molecular complexity index is 1960. The van der Waals surface area contributed by atoms with Crippen LogP contribution in [0.25, 0.3) is 28.0 Å². The highest BCUT2D eigenvalue weighted by atomic mass is 16.5. The fraction of sp³-hybridized carbons (Fsp3) is 0.147. The molecular weight excluding hydrogens is 556 g/mol. The monoisotopic (exact) mass is 584 g/mol. The van der Waals surface area contributed by atoms with Crippen LogP contribution in [0.3, 0.4) is 0 Å². The van der Waals surface area contributed by atoms with E-state index in [4.69, 9.17) is 9.72 Å². The number of carbonyl (C=O) groups is 2. The molecule has 1 N–H and O–H groups in total. The van der Waals surface area contributed by atoms with Crippen molar-refractivity contribution in [3.63, 3.8) is 0 Å². The molecule has 0 atom stereocenters. The van der Waals surface area contributed by atoms with E-state index in [1.165, 1.54) is 0 Å². The Balaban J connectivity index is 1.16. The van der Waals surface area contributed by atoms with Crippen molar-refractivity contribution in [3.8, 4) is 17.1 Å². The van der Waals surface area contributed by atoms with Gasteiger partial charge in [0.05, 0.1) is 42.2 Å². The first kappa shape index (κ1) is 27.4. The molecule has 7 rings (SSSR count). The molecule has 44 heavy (non-hydrogen) atoms. The number of nitrogens with one attached hydrogen (secondary N) is 1. The van der Waals surface area contributed by atoms with Crippen LogP contribution in [-0.2, 0) is 9.53 Å². The summed E-state index contributed by atoms with van der Waals surface area (Å²) >= 11 is 0. The molecule has 2 amide bonds. The number of hydrazone groups is 1. The fourth-order valence-electron chi connectivity index (χ4n) is 5.54. The number of hydrogen-bond donors (Lipinski definition) is 1. The number of anilines is 1. The smallest absolute Gasteiger partial charge is 0.280 e. The number of hydrogen-bond acceptors (Lipinski definition) is 7. The Morgan fingerprint density at radius 1 is 0.841 bits per heavy atom. The first-order valence-electron chi connectivity index (χ1n) is 14.4. The van der Waals surface area contributed by atoms with Crippen LogP contribution < -0.4 is 15.9 Å². The summed E-state index contributed by atoms with van der Waals surface area (Å²) in [5, 5.41) is 4.76. The van der Waals surface area contributed by atoms with Crippen molar-refractivity contribution in [2.75, 3.05) is 37.9 Å². The van der Waals surface area contributed by atoms with Gasteiger partial charge in [-0.25, -0.2) is 10.4 Å². The molecule has 2 aliphatic heterocycles. The van der Waals surface area contributed by atoms with Gasteiger partial charge >= 0.3 is 0 Å². The van der Waals surface area contributed by atoms with E-state index in [0.717, 1.165) is 24.3 Å². The average Bonchev–Trinajstić information content (AvgIpc) is 3.34. The van der Waals surface area contributed by atoms with Crippen molar-refractivity contribution < 1.29 is 14.3 Å². The van der Waals surface area contributed by atoms with Gasteiger partial charge in [0.15, 0.2) is 5.71 Å². The van der Waals surface area contributed by atoms with Gasteiger partial charge in [-0.05, 0) is 42.5 Å². The van der Waals surface area contributed by atoms with Crippen LogP contribution in [-0.4, -0.2) is 64.9 Å². The second kappa shape index (κ2) is 11.7. The molecule has 4 aromatic carbocycles. The van der Waals surface area contributed by atoms with Crippen LogP contribution in [0.5, 0.6) is 0 Å². The Kier molecular flexibility index (Phi) is 7.27. The summed E-state index contributed by atoms with van der Waals surface area (Å²) in [7, 11) is 0.